The second-order valence-electron chi connectivity index (χ2n) is 6.68. The molecule has 0 aromatic carbocycles. The standard InChI is InChI=1S/C15H24Cl2N4OS/c1-10(2)8-21-11(19-20-13(21)23-4)6-5-7-18-12(22)14(3)9-15(14,16)17/h10H,5-9H2,1-4H3,(H,18,22). The highest BCUT2D eigenvalue weighted by molar-refractivity contribution is 7.98. The van der Waals surface area contributed by atoms with E-state index in [4.69, 9.17) is 23.2 Å². The fraction of sp³-hybridized carbons (Fsp3) is 0.800. The average Bonchev–Trinajstić information content (AvgIpc) is 2.79. The van der Waals surface area contributed by atoms with Crippen LogP contribution in [-0.2, 0) is 17.8 Å². The number of hydrogen-bond donors (Lipinski definition) is 1. The number of amides is 1. The zero-order valence-electron chi connectivity index (χ0n) is 14.0. The molecule has 0 spiro atoms. The summed E-state index contributed by atoms with van der Waals surface area (Å²) in [7, 11) is 0. The van der Waals surface area contributed by atoms with E-state index < -0.39 is 9.75 Å². The van der Waals surface area contributed by atoms with Gasteiger partial charge in [-0.15, -0.1) is 33.4 Å². The van der Waals surface area contributed by atoms with E-state index in [0.29, 0.717) is 18.9 Å². The number of aryl methyl sites for hydroxylation is 1. The van der Waals surface area contributed by atoms with E-state index in [1.165, 1.54) is 0 Å². The van der Waals surface area contributed by atoms with Gasteiger partial charge in [-0.25, -0.2) is 0 Å². The largest absolute Gasteiger partial charge is 0.356 e. The van der Waals surface area contributed by atoms with Gasteiger partial charge >= 0.3 is 0 Å². The summed E-state index contributed by atoms with van der Waals surface area (Å²) >= 11 is 13.6. The van der Waals surface area contributed by atoms with Gasteiger partial charge in [-0.1, -0.05) is 25.6 Å². The third-order valence-electron chi connectivity index (χ3n) is 4.15. The molecule has 1 aromatic rings. The molecule has 1 atom stereocenters. The molecule has 0 saturated heterocycles. The number of carbonyl (C=O) groups excluding carboxylic acids is 1. The Bertz CT molecular complexity index is 576. The molecule has 2 rings (SSSR count). The Hall–Kier alpha value is -0.460. The van der Waals surface area contributed by atoms with Crippen molar-refractivity contribution in [3.63, 3.8) is 0 Å². The van der Waals surface area contributed by atoms with Crippen LogP contribution in [0.25, 0.3) is 0 Å². The summed E-state index contributed by atoms with van der Waals surface area (Å²) in [4.78, 5) is 12.1. The highest BCUT2D eigenvalue weighted by Gasteiger charge is 2.67. The predicted molar refractivity (Wildman–Crippen MR) is 95.1 cm³/mol. The maximum Gasteiger partial charge on any atom is 0.229 e. The lowest BCUT2D eigenvalue weighted by molar-refractivity contribution is -0.125. The number of halogens is 2. The van der Waals surface area contributed by atoms with Crippen molar-refractivity contribution in [3.8, 4) is 0 Å². The predicted octanol–water partition coefficient (Wildman–Crippen LogP) is 3.29. The molecule has 130 valence electrons. The van der Waals surface area contributed by atoms with Crippen molar-refractivity contribution in [2.24, 2.45) is 11.3 Å². The summed E-state index contributed by atoms with van der Waals surface area (Å²) in [6, 6.07) is 0. The van der Waals surface area contributed by atoms with E-state index in [2.05, 4.69) is 33.9 Å². The zero-order valence-corrected chi connectivity index (χ0v) is 16.4. The Morgan fingerprint density at radius 1 is 1.43 bits per heavy atom. The minimum atomic E-state index is -0.915. The van der Waals surface area contributed by atoms with Crippen LogP contribution in [0.3, 0.4) is 0 Å². The molecule has 1 heterocycles. The van der Waals surface area contributed by atoms with Crippen molar-refractivity contribution in [1.29, 1.82) is 0 Å². The molecule has 1 fully saturated rings. The zero-order chi connectivity index (χ0) is 17.3. The summed E-state index contributed by atoms with van der Waals surface area (Å²) in [5.74, 6) is 1.43. The van der Waals surface area contributed by atoms with Crippen molar-refractivity contribution in [1.82, 2.24) is 20.1 Å². The summed E-state index contributed by atoms with van der Waals surface area (Å²) < 4.78 is 1.25. The lowest BCUT2D eigenvalue weighted by atomic mass is 10.1. The molecular formula is C15H24Cl2N4OS. The van der Waals surface area contributed by atoms with E-state index >= 15 is 0 Å². The molecule has 23 heavy (non-hydrogen) atoms. The molecule has 1 aliphatic carbocycles. The Balaban J connectivity index is 1.83. The number of nitrogens with zero attached hydrogens (tertiary/aromatic N) is 3. The molecule has 1 saturated carbocycles. The molecule has 0 radical (unpaired) electrons. The minimum Gasteiger partial charge on any atom is -0.356 e. The molecular weight excluding hydrogens is 355 g/mol. The van der Waals surface area contributed by atoms with Gasteiger partial charge in [0.25, 0.3) is 0 Å². The van der Waals surface area contributed by atoms with E-state index in [-0.39, 0.29) is 5.91 Å². The van der Waals surface area contributed by atoms with Crippen molar-refractivity contribution in [3.05, 3.63) is 5.82 Å². The van der Waals surface area contributed by atoms with Crippen LogP contribution in [0.15, 0.2) is 5.16 Å². The van der Waals surface area contributed by atoms with Gasteiger partial charge in [-0.2, -0.15) is 0 Å². The second-order valence-corrected chi connectivity index (χ2v) is 8.94. The third kappa shape index (κ3) is 4.15. The average molecular weight is 379 g/mol. The smallest absolute Gasteiger partial charge is 0.229 e. The molecule has 5 nitrogen and oxygen atoms in total. The van der Waals surface area contributed by atoms with Crippen LogP contribution in [0, 0.1) is 11.3 Å². The molecule has 1 aromatic heterocycles. The third-order valence-corrected chi connectivity index (χ3v) is 5.91. The summed E-state index contributed by atoms with van der Waals surface area (Å²) in [6.07, 6.45) is 4.11. The van der Waals surface area contributed by atoms with Crippen molar-refractivity contribution >= 4 is 40.9 Å². The van der Waals surface area contributed by atoms with Gasteiger partial charge in [-0.3, -0.25) is 4.79 Å². The lowest BCUT2D eigenvalue weighted by Crippen LogP contribution is -2.34. The number of thioether (sulfide) groups is 1. The van der Waals surface area contributed by atoms with Crippen LogP contribution >= 0.6 is 35.0 Å². The number of aromatic nitrogens is 3. The topological polar surface area (TPSA) is 59.8 Å². The maximum atomic E-state index is 12.1. The monoisotopic (exact) mass is 378 g/mol. The first kappa shape index (κ1) is 18.9. The normalized spacial score (nSPS) is 22.4. The van der Waals surface area contributed by atoms with Gasteiger partial charge < -0.3 is 9.88 Å². The van der Waals surface area contributed by atoms with Gasteiger partial charge in [0, 0.05) is 19.5 Å². The van der Waals surface area contributed by atoms with Crippen LogP contribution in [0.1, 0.15) is 39.4 Å². The van der Waals surface area contributed by atoms with Crippen LogP contribution in [0.5, 0.6) is 0 Å². The molecule has 0 aliphatic heterocycles. The van der Waals surface area contributed by atoms with E-state index in [9.17, 15) is 4.79 Å². The first-order valence-electron chi connectivity index (χ1n) is 7.83. The lowest BCUT2D eigenvalue weighted by Gasteiger charge is -2.13. The van der Waals surface area contributed by atoms with Gasteiger partial charge in [-0.05, 0) is 31.9 Å². The number of carbonyl (C=O) groups is 1. The Kier molecular flexibility index (Phi) is 5.90. The SMILES string of the molecule is CSc1nnc(CCCNC(=O)C2(C)CC2(Cl)Cl)n1CC(C)C. The Morgan fingerprint density at radius 2 is 2.09 bits per heavy atom. The molecule has 1 N–H and O–H groups in total. The quantitative estimate of drug-likeness (QED) is 0.428. The number of nitrogens with one attached hydrogen (secondary N) is 1. The Labute approximate surface area is 151 Å². The van der Waals surface area contributed by atoms with Crippen LogP contribution < -0.4 is 5.32 Å². The van der Waals surface area contributed by atoms with E-state index in [1.807, 2.05) is 6.26 Å². The molecule has 0 bridgehead atoms. The number of alkyl halides is 2. The maximum absolute atomic E-state index is 12.1. The van der Waals surface area contributed by atoms with Gasteiger partial charge in [0.2, 0.25) is 5.91 Å². The van der Waals surface area contributed by atoms with E-state index in [1.54, 1.807) is 18.7 Å². The Morgan fingerprint density at radius 3 is 2.61 bits per heavy atom. The van der Waals surface area contributed by atoms with Crippen molar-refractivity contribution in [2.75, 3.05) is 12.8 Å². The second kappa shape index (κ2) is 7.19. The van der Waals surface area contributed by atoms with E-state index in [0.717, 1.165) is 30.4 Å². The number of rotatable bonds is 8. The van der Waals surface area contributed by atoms with Gasteiger partial charge in [0.1, 0.15) is 10.2 Å². The summed E-state index contributed by atoms with van der Waals surface area (Å²) in [6.45, 7) is 7.64. The molecule has 8 heteroatoms. The highest BCUT2D eigenvalue weighted by Crippen LogP contribution is 2.63. The van der Waals surface area contributed by atoms with Crippen LogP contribution in [-0.4, -0.2) is 37.8 Å². The number of hydrogen-bond acceptors (Lipinski definition) is 4. The van der Waals surface area contributed by atoms with Gasteiger partial charge in [0.05, 0.1) is 5.41 Å². The van der Waals surface area contributed by atoms with Crippen LogP contribution in [0.2, 0.25) is 0 Å². The van der Waals surface area contributed by atoms with Gasteiger partial charge in [0.15, 0.2) is 5.16 Å². The first-order chi connectivity index (χ1) is 10.7. The highest BCUT2D eigenvalue weighted by atomic mass is 35.5. The van der Waals surface area contributed by atoms with Crippen molar-refractivity contribution in [2.45, 2.75) is 56.1 Å². The minimum absolute atomic E-state index is 0.0732. The van der Waals surface area contributed by atoms with Crippen LogP contribution in [0.4, 0.5) is 0 Å². The molecule has 1 unspecified atom stereocenters. The fourth-order valence-electron chi connectivity index (χ4n) is 2.49. The fourth-order valence-corrected chi connectivity index (χ4v) is 3.72. The van der Waals surface area contributed by atoms with Crippen molar-refractivity contribution < 1.29 is 4.79 Å². The first-order valence-corrected chi connectivity index (χ1v) is 9.81. The summed E-state index contributed by atoms with van der Waals surface area (Å²) in [5.41, 5.74) is -0.653. The molecule has 1 amide bonds. The summed E-state index contributed by atoms with van der Waals surface area (Å²) in [5, 5.41) is 12.4. The molecule has 1 aliphatic rings.